The molecule has 1 aromatic heterocycles. The molecule has 0 saturated heterocycles. The summed E-state index contributed by atoms with van der Waals surface area (Å²) in [7, 11) is 0. The largest absolute Gasteiger partial charge is 0.489 e. The van der Waals surface area contributed by atoms with Crippen molar-refractivity contribution in [1.29, 1.82) is 0 Å². The lowest BCUT2D eigenvalue weighted by atomic mass is 10.2. The van der Waals surface area contributed by atoms with Gasteiger partial charge >= 0.3 is 0 Å². The van der Waals surface area contributed by atoms with Crippen LogP contribution in [0.25, 0.3) is 0 Å². The van der Waals surface area contributed by atoms with Crippen LogP contribution < -0.4 is 9.47 Å². The standard InChI is InChI=1S/C12H16BrNO2/c1-12(2,3)16-10-6-9(7-14-11(10)13)15-8-4-5-8/h6-8H,4-5H2,1-3H3. The molecule has 0 N–H and O–H groups in total. The summed E-state index contributed by atoms with van der Waals surface area (Å²) in [5, 5.41) is 0. The fourth-order valence-electron chi connectivity index (χ4n) is 1.25. The third-order valence-electron chi connectivity index (χ3n) is 2.03. The van der Waals surface area contributed by atoms with Crippen LogP contribution in [-0.2, 0) is 0 Å². The Morgan fingerprint density at radius 2 is 2.06 bits per heavy atom. The Labute approximate surface area is 104 Å². The van der Waals surface area contributed by atoms with Gasteiger partial charge in [-0.1, -0.05) is 0 Å². The van der Waals surface area contributed by atoms with E-state index in [0.717, 1.165) is 24.3 Å². The molecule has 1 aliphatic carbocycles. The van der Waals surface area contributed by atoms with Gasteiger partial charge in [-0.25, -0.2) is 4.98 Å². The summed E-state index contributed by atoms with van der Waals surface area (Å²) in [6, 6.07) is 1.89. The van der Waals surface area contributed by atoms with E-state index in [1.165, 1.54) is 0 Å². The number of rotatable bonds is 3. The minimum absolute atomic E-state index is 0.234. The third kappa shape index (κ3) is 3.37. The first-order valence-corrected chi connectivity index (χ1v) is 6.24. The van der Waals surface area contributed by atoms with Gasteiger partial charge in [0.25, 0.3) is 0 Å². The third-order valence-corrected chi connectivity index (χ3v) is 2.62. The Kier molecular flexibility index (Phi) is 3.10. The van der Waals surface area contributed by atoms with Gasteiger partial charge in [-0.15, -0.1) is 0 Å². The lowest BCUT2D eigenvalue weighted by Crippen LogP contribution is -2.23. The van der Waals surface area contributed by atoms with Crippen molar-refractivity contribution in [2.24, 2.45) is 0 Å². The summed E-state index contributed by atoms with van der Waals surface area (Å²) in [6.07, 6.45) is 4.39. The van der Waals surface area contributed by atoms with Gasteiger partial charge in [0.2, 0.25) is 0 Å². The van der Waals surface area contributed by atoms with Crippen molar-refractivity contribution in [3.63, 3.8) is 0 Å². The van der Waals surface area contributed by atoms with Crippen LogP contribution in [0.5, 0.6) is 11.5 Å². The van der Waals surface area contributed by atoms with Crippen molar-refractivity contribution < 1.29 is 9.47 Å². The van der Waals surface area contributed by atoms with E-state index >= 15 is 0 Å². The quantitative estimate of drug-likeness (QED) is 0.796. The summed E-state index contributed by atoms with van der Waals surface area (Å²) >= 11 is 3.37. The lowest BCUT2D eigenvalue weighted by Gasteiger charge is -2.22. The second-order valence-electron chi connectivity index (χ2n) is 4.99. The van der Waals surface area contributed by atoms with Crippen LogP contribution >= 0.6 is 15.9 Å². The zero-order valence-corrected chi connectivity index (χ0v) is 11.4. The van der Waals surface area contributed by atoms with Crippen molar-refractivity contribution in [2.45, 2.75) is 45.3 Å². The molecule has 0 radical (unpaired) electrons. The van der Waals surface area contributed by atoms with E-state index in [-0.39, 0.29) is 5.60 Å². The minimum Gasteiger partial charge on any atom is -0.489 e. The molecular weight excluding hydrogens is 270 g/mol. The van der Waals surface area contributed by atoms with E-state index in [1.54, 1.807) is 6.20 Å². The highest BCUT2D eigenvalue weighted by molar-refractivity contribution is 9.10. The van der Waals surface area contributed by atoms with Crippen molar-refractivity contribution in [1.82, 2.24) is 4.98 Å². The fraction of sp³-hybridized carbons (Fsp3) is 0.583. The Morgan fingerprint density at radius 3 is 2.62 bits per heavy atom. The van der Waals surface area contributed by atoms with E-state index in [2.05, 4.69) is 20.9 Å². The minimum atomic E-state index is -0.234. The van der Waals surface area contributed by atoms with Crippen molar-refractivity contribution >= 4 is 15.9 Å². The molecule has 3 nitrogen and oxygen atoms in total. The molecule has 0 atom stereocenters. The highest BCUT2D eigenvalue weighted by Crippen LogP contribution is 2.33. The molecule has 2 rings (SSSR count). The predicted molar refractivity (Wildman–Crippen MR) is 66.0 cm³/mol. The summed E-state index contributed by atoms with van der Waals surface area (Å²) in [6.45, 7) is 6.02. The first-order valence-electron chi connectivity index (χ1n) is 5.45. The van der Waals surface area contributed by atoms with Crippen LogP contribution in [0.3, 0.4) is 0 Å². The molecule has 1 aliphatic rings. The van der Waals surface area contributed by atoms with Gasteiger partial charge in [0.05, 0.1) is 12.3 Å². The Balaban J connectivity index is 2.14. The first-order chi connectivity index (χ1) is 7.44. The topological polar surface area (TPSA) is 31.4 Å². The van der Waals surface area contributed by atoms with Gasteiger partial charge in [0, 0.05) is 6.07 Å². The molecule has 1 saturated carbocycles. The van der Waals surface area contributed by atoms with Gasteiger partial charge in [0.15, 0.2) is 5.75 Å². The molecule has 0 unspecified atom stereocenters. The zero-order valence-electron chi connectivity index (χ0n) is 9.79. The van der Waals surface area contributed by atoms with Crippen LogP contribution in [0.15, 0.2) is 16.9 Å². The number of nitrogens with zero attached hydrogens (tertiary/aromatic N) is 1. The Hall–Kier alpha value is -0.770. The van der Waals surface area contributed by atoms with Gasteiger partial charge < -0.3 is 9.47 Å². The highest BCUT2D eigenvalue weighted by Gasteiger charge is 2.24. The van der Waals surface area contributed by atoms with E-state index in [1.807, 2.05) is 26.8 Å². The summed E-state index contributed by atoms with van der Waals surface area (Å²) in [4.78, 5) is 4.21. The average molecular weight is 286 g/mol. The maximum Gasteiger partial charge on any atom is 0.156 e. The normalized spacial score (nSPS) is 16.0. The van der Waals surface area contributed by atoms with Crippen LogP contribution in [-0.4, -0.2) is 16.7 Å². The predicted octanol–water partition coefficient (Wildman–Crippen LogP) is 3.56. The average Bonchev–Trinajstić information content (AvgIpc) is 2.92. The zero-order chi connectivity index (χ0) is 11.8. The molecule has 16 heavy (non-hydrogen) atoms. The molecule has 4 heteroatoms. The molecule has 0 amide bonds. The smallest absolute Gasteiger partial charge is 0.156 e. The number of pyridine rings is 1. The molecule has 1 heterocycles. The number of hydrogen-bond acceptors (Lipinski definition) is 3. The van der Waals surface area contributed by atoms with Crippen molar-refractivity contribution in [3.8, 4) is 11.5 Å². The molecule has 0 aliphatic heterocycles. The Morgan fingerprint density at radius 1 is 1.38 bits per heavy atom. The SMILES string of the molecule is CC(C)(C)Oc1cc(OC2CC2)cnc1Br. The van der Waals surface area contributed by atoms with Gasteiger partial charge in [-0.3, -0.25) is 0 Å². The number of ether oxygens (including phenoxy) is 2. The molecule has 0 aromatic carbocycles. The maximum atomic E-state index is 5.79. The van der Waals surface area contributed by atoms with Crippen molar-refractivity contribution in [3.05, 3.63) is 16.9 Å². The second-order valence-corrected chi connectivity index (χ2v) is 5.74. The number of hydrogen-bond donors (Lipinski definition) is 0. The van der Waals surface area contributed by atoms with Gasteiger partial charge in [-0.2, -0.15) is 0 Å². The van der Waals surface area contributed by atoms with Crippen LogP contribution in [0.4, 0.5) is 0 Å². The molecule has 1 fully saturated rings. The van der Waals surface area contributed by atoms with E-state index in [9.17, 15) is 0 Å². The number of aromatic nitrogens is 1. The summed E-state index contributed by atoms with van der Waals surface area (Å²) in [5.41, 5.74) is -0.234. The first kappa shape index (κ1) is 11.7. The fourth-order valence-corrected chi connectivity index (χ4v) is 1.55. The highest BCUT2D eigenvalue weighted by atomic mass is 79.9. The van der Waals surface area contributed by atoms with E-state index in [4.69, 9.17) is 9.47 Å². The van der Waals surface area contributed by atoms with Crippen molar-refractivity contribution in [2.75, 3.05) is 0 Å². The van der Waals surface area contributed by atoms with Crippen LogP contribution in [0.2, 0.25) is 0 Å². The van der Waals surface area contributed by atoms with Gasteiger partial charge in [-0.05, 0) is 49.5 Å². The number of halogens is 1. The van der Waals surface area contributed by atoms with E-state index in [0.29, 0.717) is 10.7 Å². The second kappa shape index (κ2) is 4.24. The molecule has 0 spiro atoms. The Bertz CT molecular complexity index is 383. The lowest BCUT2D eigenvalue weighted by molar-refractivity contribution is 0.128. The molecular formula is C12H16BrNO2. The molecule has 88 valence electrons. The van der Waals surface area contributed by atoms with Crippen LogP contribution in [0, 0.1) is 0 Å². The molecule has 1 aromatic rings. The van der Waals surface area contributed by atoms with Crippen LogP contribution in [0.1, 0.15) is 33.6 Å². The summed E-state index contributed by atoms with van der Waals surface area (Å²) < 4.78 is 12.2. The molecule has 0 bridgehead atoms. The summed E-state index contributed by atoms with van der Waals surface area (Å²) in [5.74, 6) is 1.51. The maximum absolute atomic E-state index is 5.79. The van der Waals surface area contributed by atoms with E-state index < -0.39 is 0 Å². The van der Waals surface area contributed by atoms with Gasteiger partial charge in [0.1, 0.15) is 16.0 Å². The monoisotopic (exact) mass is 285 g/mol.